The molecule has 0 aromatic carbocycles. The highest BCUT2D eigenvalue weighted by Gasteiger charge is 2.50. The number of esters is 1. The first kappa shape index (κ1) is 17.1. The number of piperazine rings is 1. The molecule has 0 bridgehead atoms. The number of pyridine rings is 1. The van der Waals surface area contributed by atoms with Crippen LogP contribution in [0.4, 0.5) is 5.82 Å². The minimum atomic E-state index is -0.121. The number of aromatic nitrogens is 1. The summed E-state index contributed by atoms with van der Waals surface area (Å²) < 4.78 is 5.69. The van der Waals surface area contributed by atoms with Crippen molar-refractivity contribution in [1.29, 1.82) is 0 Å². The molecular weight excluding hydrogens is 338 g/mol. The molecule has 1 aliphatic carbocycles. The molecule has 0 N–H and O–H groups in total. The van der Waals surface area contributed by atoms with Gasteiger partial charge in [0.05, 0.1) is 10.4 Å². The van der Waals surface area contributed by atoms with Crippen LogP contribution in [0.3, 0.4) is 0 Å². The second kappa shape index (κ2) is 7.12. The first-order chi connectivity index (χ1) is 12.1. The quantitative estimate of drug-likeness (QED) is 0.769. The van der Waals surface area contributed by atoms with Crippen molar-refractivity contribution < 1.29 is 9.53 Å². The summed E-state index contributed by atoms with van der Waals surface area (Å²) in [7, 11) is 0. The summed E-state index contributed by atoms with van der Waals surface area (Å²) in [5, 5.41) is 0.675. The molecule has 3 aliphatic rings. The van der Waals surface area contributed by atoms with E-state index in [0.717, 1.165) is 64.2 Å². The standard InChI is InChI=1S/C19H26ClN3O2/c20-15-3-4-17(21-14-15)23-11-9-22(10-12-23)8-5-16-13-19(18(24)25-16)6-1-2-7-19/h3-4,14,16H,1-2,5-13H2/t16-/m0/s1. The molecule has 0 radical (unpaired) electrons. The van der Waals surface area contributed by atoms with Crippen LogP contribution in [0.1, 0.15) is 38.5 Å². The Morgan fingerprint density at radius 3 is 2.64 bits per heavy atom. The number of cyclic esters (lactones) is 1. The van der Waals surface area contributed by atoms with Crippen LogP contribution < -0.4 is 4.90 Å². The monoisotopic (exact) mass is 363 g/mol. The lowest BCUT2D eigenvalue weighted by molar-refractivity contribution is -0.148. The molecule has 3 heterocycles. The van der Waals surface area contributed by atoms with Crippen LogP contribution in [-0.4, -0.2) is 54.7 Å². The Kier molecular flexibility index (Phi) is 4.87. The Balaban J connectivity index is 1.23. The molecule has 1 aromatic heterocycles. The van der Waals surface area contributed by atoms with E-state index in [2.05, 4.69) is 14.8 Å². The Morgan fingerprint density at radius 1 is 1.20 bits per heavy atom. The van der Waals surface area contributed by atoms with Crippen LogP contribution in [-0.2, 0) is 9.53 Å². The molecule has 5 nitrogen and oxygen atoms in total. The Morgan fingerprint density at radius 2 is 1.96 bits per heavy atom. The normalized spacial score (nSPS) is 26.4. The maximum Gasteiger partial charge on any atom is 0.312 e. The molecule has 3 fully saturated rings. The molecule has 4 rings (SSSR count). The molecule has 1 atom stereocenters. The molecule has 0 unspecified atom stereocenters. The van der Waals surface area contributed by atoms with Crippen molar-refractivity contribution in [3.8, 4) is 0 Å². The number of anilines is 1. The fourth-order valence-corrected chi connectivity index (χ4v) is 4.65. The molecule has 1 aromatic rings. The maximum absolute atomic E-state index is 12.2. The van der Waals surface area contributed by atoms with Gasteiger partial charge in [0.15, 0.2) is 0 Å². The van der Waals surface area contributed by atoms with Crippen molar-refractivity contribution in [2.24, 2.45) is 5.41 Å². The average molecular weight is 364 g/mol. The fourth-order valence-electron chi connectivity index (χ4n) is 4.54. The first-order valence-corrected chi connectivity index (χ1v) is 9.82. The molecule has 2 saturated heterocycles. The van der Waals surface area contributed by atoms with Crippen LogP contribution in [0.5, 0.6) is 0 Å². The van der Waals surface area contributed by atoms with Gasteiger partial charge < -0.3 is 9.64 Å². The molecule has 2 aliphatic heterocycles. The third-order valence-electron chi connectivity index (χ3n) is 6.06. The predicted octanol–water partition coefficient (Wildman–Crippen LogP) is 3.12. The van der Waals surface area contributed by atoms with Crippen LogP contribution >= 0.6 is 11.6 Å². The van der Waals surface area contributed by atoms with E-state index in [9.17, 15) is 4.79 Å². The maximum atomic E-state index is 12.2. The highest BCUT2D eigenvalue weighted by atomic mass is 35.5. The first-order valence-electron chi connectivity index (χ1n) is 9.45. The van der Waals surface area contributed by atoms with Gasteiger partial charge in [-0.25, -0.2) is 4.98 Å². The van der Waals surface area contributed by atoms with Crippen molar-refractivity contribution in [2.45, 2.75) is 44.6 Å². The van der Waals surface area contributed by atoms with E-state index in [4.69, 9.17) is 16.3 Å². The van der Waals surface area contributed by atoms with Gasteiger partial charge in [0, 0.05) is 45.3 Å². The van der Waals surface area contributed by atoms with E-state index in [1.807, 2.05) is 12.1 Å². The number of halogens is 1. The topological polar surface area (TPSA) is 45.7 Å². The third kappa shape index (κ3) is 3.63. The Bertz CT molecular complexity index is 608. The number of carbonyl (C=O) groups is 1. The van der Waals surface area contributed by atoms with Crippen molar-refractivity contribution in [2.75, 3.05) is 37.6 Å². The average Bonchev–Trinajstić information content (AvgIpc) is 3.22. The van der Waals surface area contributed by atoms with Crippen molar-refractivity contribution in [3.05, 3.63) is 23.4 Å². The van der Waals surface area contributed by atoms with Gasteiger partial charge >= 0.3 is 5.97 Å². The molecule has 136 valence electrons. The van der Waals surface area contributed by atoms with Gasteiger partial charge in [-0.1, -0.05) is 24.4 Å². The zero-order valence-electron chi connectivity index (χ0n) is 14.6. The van der Waals surface area contributed by atoms with E-state index >= 15 is 0 Å². The van der Waals surface area contributed by atoms with E-state index in [1.54, 1.807) is 6.20 Å². The van der Waals surface area contributed by atoms with Crippen molar-refractivity contribution in [1.82, 2.24) is 9.88 Å². The minimum Gasteiger partial charge on any atom is -0.462 e. The number of hydrogen-bond donors (Lipinski definition) is 0. The summed E-state index contributed by atoms with van der Waals surface area (Å²) in [6, 6.07) is 3.88. The van der Waals surface area contributed by atoms with Gasteiger partial charge in [-0.2, -0.15) is 0 Å². The van der Waals surface area contributed by atoms with Gasteiger partial charge in [-0.3, -0.25) is 9.69 Å². The molecule has 6 heteroatoms. The van der Waals surface area contributed by atoms with Crippen molar-refractivity contribution >= 4 is 23.4 Å². The summed E-state index contributed by atoms with van der Waals surface area (Å²) in [5.41, 5.74) is -0.121. The summed E-state index contributed by atoms with van der Waals surface area (Å²) in [6.07, 6.45) is 8.18. The summed E-state index contributed by atoms with van der Waals surface area (Å²) in [4.78, 5) is 21.4. The minimum absolute atomic E-state index is 0.0774. The number of hydrogen-bond acceptors (Lipinski definition) is 5. The second-order valence-electron chi connectivity index (χ2n) is 7.67. The summed E-state index contributed by atoms with van der Waals surface area (Å²) >= 11 is 5.91. The lowest BCUT2D eigenvalue weighted by atomic mass is 9.83. The lowest BCUT2D eigenvalue weighted by Gasteiger charge is -2.35. The fraction of sp³-hybridized carbons (Fsp3) is 0.684. The van der Waals surface area contributed by atoms with Gasteiger partial charge in [0.2, 0.25) is 0 Å². The number of nitrogens with zero attached hydrogens (tertiary/aromatic N) is 3. The van der Waals surface area contributed by atoms with Gasteiger partial charge in [0.1, 0.15) is 11.9 Å². The smallest absolute Gasteiger partial charge is 0.312 e. The number of ether oxygens (including phenoxy) is 1. The Labute approximate surface area is 154 Å². The van der Waals surface area contributed by atoms with Crippen LogP contribution in [0, 0.1) is 5.41 Å². The molecule has 25 heavy (non-hydrogen) atoms. The highest BCUT2D eigenvalue weighted by molar-refractivity contribution is 6.30. The zero-order chi connectivity index (χ0) is 17.3. The summed E-state index contributed by atoms with van der Waals surface area (Å²) in [6.45, 7) is 5.01. The molecule has 1 saturated carbocycles. The third-order valence-corrected chi connectivity index (χ3v) is 6.28. The van der Waals surface area contributed by atoms with E-state index in [1.165, 1.54) is 12.8 Å². The number of rotatable bonds is 4. The lowest BCUT2D eigenvalue weighted by Crippen LogP contribution is -2.47. The van der Waals surface area contributed by atoms with Gasteiger partial charge in [-0.15, -0.1) is 0 Å². The van der Waals surface area contributed by atoms with E-state index < -0.39 is 0 Å². The molecule has 1 spiro atoms. The predicted molar refractivity (Wildman–Crippen MR) is 97.9 cm³/mol. The number of carbonyl (C=O) groups excluding carboxylic acids is 1. The van der Waals surface area contributed by atoms with Crippen molar-refractivity contribution in [3.63, 3.8) is 0 Å². The van der Waals surface area contributed by atoms with E-state index in [-0.39, 0.29) is 17.5 Å². The Hall–Kier alpha value is -1.33. The van der Waals surface area contributed by atoms with Crippen LogP contribution in [0.2, 0.25) is 5.02 Å². The van der Waals surface area contributed by atoms with Gasteiger partial charge in [-0.05, 0) is 31.4 Å². The van der Waals surface area contributed by atoms with Gasteiger partial charge in [0.25, 0.3) is 0 Å². The highest BCUT2D eigenvalue weighted by Crippen LogP contribution is 2.48. The summed E-state index contributed by atoms with van der Waals surface area (Å²) in [5.74, 6) is 1.07. The molecular formula is C19H26ClN3O2. The largest absolute Gasteiger partial charge is 0.462 e. The van der Waals surface area contributed by atoms with Crippen LogP contribution in [0.25, 0.3) is 0 Å². The zero-order valence-corrected chi connectivity index (χ0v) is 15.4. The SMILES string of the molecule is O=C1O[C@@H](CCN2CCN(c3ccc(Cl)cn3)CC2)CC12CCCC2. The second-order valence-corrected chi connectivity index (χ2v) is 8.11. The molecule has 0 amide bonds. The van der Waals surface area contributed by atoms with E-state index in [0.29, 0.717) is 5.02 Å². The van der Waals surface area contributed by atoms with Crippen LogP contribution in [0.15, 0.2) is 18.3 Å².